The van der Waals surface area contributed by atoms with Gasteiger partial charge >= 0.3 is 0 Å². The Morgan fingerprint density at radius 2 is 2.10 bits per heavy atom. The highest BCUT2D eigenvalue weighted by Gasteiger charge is 2.43. The third-order valence-corrected chi connectivity index (χ3v) is 4.50. The summed E-state index contributed by atoms with van der Waals surface area (Å²) in [4.78, 5) is 15.0. The molecular formula is C15H28N2O3. The van der Waals surface area contributed by atoms with Crippen LogP contribution < -0.4 is 5.32 Å². The first kappa shape index (κ1) is 15.7. The highest BCUT2D eigenvalue weighted by Crippen LogP contribution is 2.32. The Bertz CT molecular complexity index is 324. The third kappa shape index (κ3) is 3.32. The van der Waals surface area contributed by atoms with Crippen molar-refractivity contribution in [2.45, 2.75) is 45.3 Å². The Hall–Kier alpha value is -0.650. The molecule has 0 aromatic carbocycles. The maximum absolute atomic E-state index is 13.0. The minimum Gasteiger partial charge on any atom is -0.384 e. The number of nitrogens with one attached hydrogen (secondary N) is 1. The lowest BCUT2D eigenvalue weighted by Crippen LogP contribution is -2.57. The summed E-state index contributed by atoms with van der Waals surface area (Å²) in [7, 11) is 1.69. The second-order valence-corrected chi connectivity index (χ2v) is 6.15. The molecule has 2 unspecified atom stereocenters. The summed E-state index contributed by atoms with van der Waals surface area (Å²) in [6, 6.07) is 0. The number of nitrogens with zero attached hydrogens (tertiary/aromatic N) is 1. The molecule has 0 aliphatic carbocycles. The van der Waals surface area contributed by atoms with E-state index in [9.17, 15) is 4.79 Å². The third-order valence-electron chi connectivity index (χ3n) is 4.50. The van der Waals surface area contributed by atoms with Crippen LogP contribution in [-0.4, -0.2) is 62.9 Å². The van der Waals surface area contributed by atoms with Crippen LogP contribution in [-0.2, 0) is 14.3 Å². The van der Waals surface area contributed by atoms with Crippen LogP contribution >= 0.6 is 0 Å². The molecule has 0 spiro atoms. The molecule has 0 saturated carbocycles. The summed E-state index contributed by atoms with van der Waals surface area (Å²) in [6.45, 7) is 7.90. The number of piperidine rings is 1. The van der Waals surface area contributed by atoms with E-state index in [0.717, 1.165) is 38.9 Å². The fourth-order valence-electron chi connectivity index (χ4n) is 3.37. The molecule has 5 heteroatoms. The predicted molar refractivity (Wildman–Crippen MR) is 77.6 cm³/mol. The fraction of sp³-hybridized carbons (Fsp3) is 0.933. The van der Waals surface area contributed by atoms with E-state index in [1.165, 1.54) is 0 Å². The molecule has 1 amide bonds. The molecule has 20 heavy (non-hydrogen) atoms. The van der Waals surface area contributed by atoms with E-state index in [4.69, 9.17) is 9.47 Å². The Morgan fingerprint density at radius 3 is 2.70 bits per heavy atom. The first-order valence-corrected chi connectivity index (χ1v) is 7.76. The molecule has 0 aromatic rings. The van der Waals surface area contributed by atoms with Crippen molar-refractivity contribution in [3.8, 4) is 0 Å². The summed E-state index contributed by atoms with van der Waals surface area (Å²) < 4.78 is 11.2. The maximum Gasteiger partial charge on any atom is 0.231 e. The molecule has 2 aliphatic heterocycles. The van der Waals surface area contributed by atoms with Crippen molar-refractivity contribution in [3.05, 3.63) is 0 Å². The molecule has 2 aliphatic rings. The van der Waals surface area contributed by atoms with Gasteiger partial charge in [-0.3, -0.25) is 4.79 Å². The van der Waals surface area contributed by atoms with Gasteiger partial charge in [-0.05, 0) is 39.3 Å². The lowest BCUT2D eigenvalue weighted by atomic mass is 9.78. The Morgan fingerprint density at radius 1 is 1.40 bits per heavy atom. The molecule has 2 saturated heterocycles. The highest BCUT2D eigenvalue weighted by molar-refractivity contribution is 5.83. The van der Waals surface area contributed by atoms with Crippen LogP contribution in [0.3, 0.4) is 0 Å². The van der Waals surface area contributed by atoms with Crippen LogP contribution in [0.25, 0.3) is 0 Å². The topological polar surface area (TPSA) is 50.8 Å². The second-order valence-electron chi connectivity index (χ2n) is 6.15. The van der Waals surface area contributed by atoms with Gasteiger partial charge in [0.25, 0.3) is 0 Å². The molecule has 0 aromatic heterocycles. The van der Waals surface area contributed by atoms with Gasteiger partial charge in [-0.15, -0.1) is 0 Å². The molecule has 1 N–H and O–H groups in total. The van der Waals surface area contributed by atoms with Crippen molar-refractivity contribution >= 4 is 5.91 Å². The monoisotopic (exact) mass is 284 g/mol. The average molecular weight is 284 g/mol. The first-order chi connectivity index (χ1) is 9.61. The van der Waals surface area contributed by atoms with Gasteiger partial charge < -0.3 is 19.7 Å². The number of methoxy groups -OCH3 is 1. The number of hydrogen-bond donors (Lipinski definition) is 1. The van der Waals surface area contributed by atoms with Gasteiger partial charge in [0.1, 0.15) is 0 Å². The van der Waals surface area contributed by atoms with Crippen LogP contribution in [0.1, 0.15) is 33.1 Å². The highest BCUT2D eigenvalue weighted by atomic mass is 16.5. The number of carbonyl (C=O) groups is 1. The van der Waals surface area contributed by atoms with Crippen molar-refractivity contribution in [3.63, 3.8) is 0 Å². The molecule has 2 fully saturated rings. The van der Waals surface area contributed by atoms with Gasteiger partial charge in [0.05, 0.1) is 24.2 Å². The number of amides is 1. The molecule has 0 radical (unpaired) electrons. The quantitative estimate of drug-likeness (QED) is 0.838. The number of hydrogen-bond acceptors (Lipinski definition) is 4. The van der Waals surface area contributed by atoms with Gasteiger partial charge in [-0.1, -0.05) is 6.92 Å². The minimum absolute atomic E-state index is 0.124. The average Bonchev–Trinajstić information content (AvgIpc) is 2.47. The molecule has 5 nitrogen and oxygen atoms in total. The molecular weight excluding hydrogens is 256 g/mol. The summed E-state index contributed by atoms with van der Waals surface area (Å²) >= 11 is 0. The van der Waals surface area contributed by atoms with Gasteiger partial charge in [0.2, 0.25) is 5.91 Å². The summed E-state index contributed by atoms with van der Waals surface area (Å²) in [5.74, 6) is 0.259. The lowest BCUT2D eigenvalue weighted by Gasteiger charge is -2.43. The standard InChI is InChI=1S/C15H28N2O3/c1-4-13-10-17(9-12(2)20-13)14(18)15(11-19-3)5-7-16-8-6-15/h12-13,16H,4-11H2,1-3H3. The molecule has 2 heterocycles. The van der Waals surface area contributed by atoms with Gasteiger partial charge in [-0.2, -0.15) is 0 Å². The zero-order valence-electron chi connectivity index (χ0n) is 13.0. The molecule has 116 valence electrons. The number of rotatable bonds is 4. The van der Waals surface area contributed by atoms with Crippen molar-refractivity contribution in [1.82, 2.24) is 10.2 Å². The molecule has 0 bridgehead atoms. The number of ether oxygens (including phenoxy) is 2. The normalized spacial score (nSPS) is 30.2. The van der Waals surface area contributed by atoms with Gasteiger partial charge in [0.15, 0.2) is 0 Å². The van der Waals surface area contributed by atoms with Crippen LogP contribution in [0.5, 0.6) is 0 Å². The Balaban J connectivity index is 2.10. The molecule has 2 atom stereocenters. The number of carbonyl (C=O) groups excluding carboxylic acids is 1. The molecule has 2 rings (SSSR count). The smallest absolute Gasteiger partial charge is 0.231 e. The second kappa shape index (κ2) is 6.87. The van der Waals surface area contributed by atoms with Crippen LogP contribution in [0, 0.1) is 5.41 Å². The van der Waals surface area contributed by atoms with Gasteiger partial charge in [0, 0.05) is 20.2 Å². The SMILES string of the molecule is CCC1CN(C(=O)C2(COC)CCNCC2)CC(C)O1. The van der Waals surface area contributed by atoms with Crippen molar-refractivity contribution in [2.75, 3.05) is 39.9 Å². The maximum atomic E-state index is 13.0. The van der Waals surface area contributed by atoms with E-state index in [2.05, 4.69) is 12.2 Å². The summed E-state index contributed by atoms with van der Waals surface area (Å²) in [5.41, 5.74) is -0.338. The van der Waals surface area contributed by atoms with E-state index in [0.29, 0.717) is 13.2 Å². The van der Waals surface area contributed by atoms with E-state index in [-0.39, 0.29) is 23.5 Å². The Kier molecular flexibility index (Phi) is 5.41. The largest absolute Gasteiger partial charge is 0.384 e. The lowest BCUT2D eigenvalue weighted by molar-refractivity contribution is -0.160. The summed E-state index contributed by atoms with van der Waals surface area (Å²) in [5, 5.41) is 3.33. The van der Waals surface area contributed by atoms with Crippen molar-refractivity contribution in [1.29, 1.82) is 0 Å². The van der Waals surface area contributed by atoms with Crippen LogP contribution in [0.2, 0.25) is 0 Å². The first-order valence-electron chi connectivity index (χ1n) is 7.76. The number of morpholine rings is 1. The van der Waals surface area contributed by atoms with Crippen LogP contribution in [0.4, 0.5) is 0 Å². The van der Waals surface area contributed by atoms with E-state index in [1.54, 1.807) is 7.11 Å². The van der Waals surface area contributed by atoms with E-state index >= 15 is 0 Å². The van der Waals surface area contributed by atoms with E-state index < -0.39 is 0 Å². The fourth-order valence-corrected chi connectivity index (χ4v) is 3.37. The Labute approximate surface area is 122 Å². The van der Waals surface area contributed by atoms with Crippen molar-refractivity contribution in [2.24, 2.45) is 5.41 Å². The minimum atomic E-state index is -0.338. The van der Waals surface area contributed by atoms with E-state index in [1.807, 2.05) is 11.8 Å². The van der Waals surface area contributed by atoms with Crippen LogP contribution in [0.15, 0.2) is 0 Å². The summed E-state index contributed by atoms with van der Waals surface area (Å²) in [6.07, 6.45) is 2.97. The van der Waals surface area contributed by atoms with Gasteiger partial charge in [-0.25, -0.2) is 0 Å². The zero-order valence-corrected chi connectivity index (χ0v) is 13.0. The van der Waals surface area contributed by atoms with Crippen molar-refractivity contribution < 1.29 is 14.3 Å². The predicted octanol–water partition coefficient (Wildman–Crippen LogP) is 1.03. The zero-order chi connectivity index (χ0) is 14.6.